The quantitative estimate of drug-likeness (QED) is 0.676. The number of hydrogen-bond donors (Lipinski definition) is 1. The van der Waals surface area contributed by atoms with E-state index in [4.69, 9.17) is 4.74 Å². The molecule has 0 radical (unpaired) electrons. The summed E-state index contributed by atoms with van der Waals surface area (Å²) in [6, 6.07) is 1.96. The summed E-state index contributed by atoms with van der Waals surface area (Å²) in [4.78, 5) is 4.10. The monoisotopic (exact) mass is 165 g/mol. The molecule has 64 valence electrons. The third kappa shape index (κ3) is 1.16. The highest BCUT2D eigenvalue weighted by Crippen LogP contribution is 2.24. The predicted octanol–water partition coefficient (Wildman–Crippen LogP) is 1.07. The van der Waals surface area contributed by atoms with Crippen LogP contribution >= 0.6 is 0 Å². The zero-order valence-electron chi connectivity index (χ0n) is 6.95. The molecule has 12 heavy (non-hydrogen) atoms. The highest BCUT2D eigenvalue weighted by Gasteiger charge is 2.14. The molecule has 0 amide bonds. The van der Waals surface area contributed by atoms with Crippen LogP contribution in [-0.4, -0.2) is 16.7 Å². The number of fused-ring (bicyclic) bond motifs is 1. The molecule has 1 aromatic heterocycles. The second kappa shape index (κ2) is 2.75. The van der Waals surface area contributed by atoms with Gasteiger partial charge in [-0.2, -0.15) is 0 Å². The summed E-state index contributed by atoms with van der Waals surface area (Å²) < 4.78 is 5.24. The van der Waals surface area contributed by atoms with Crippen LogP contribution < -0.4 is 4.74 Å². The summed E-state index contributed by atoms with van der Waals surface area (Å²) in [5, 5.41) is 9.27. The van der Waals surface area contributed by atoms with Gasteiger partial charge in [0.25, 0.3) is 0 Å². The number of aliphatic hydroxyl groups excluding tert-OH is 1. The van der Waals surface area contributed by atoms with Crippen molar-refractivity contribution in [2.24, 2.45) is 0 Å². The van der Waals surface area contributed by atoms with Crippen molar-refractivity contribution < 1.29 is 9.84 Å². The lowest BCUT2D eigenvalue weighted by Crippen LogP contribution is -1.93. The minimum absolute atomic E-state index is 0.441. The molecule has 1 aliphatic rings. The average molecular weight is 165 g/mol. The first-order valence-electron chi connectivity index (χ1n) is 4.07. The molecule has 0 aliphatic carbocycles. The van der Waals surface area contributed by atoms with E-state index < -0.39 is 6.10 Å². The average Bonchev–Trinajstić information content (AvgIpc) is 2.49. The van der Waals surface area contributed by atoms with Crippen LogP contribution in [0.4, 0.5) is 0 Å². The van der Waals surface area contributed by atoms with E-state index in [1.807, 2.05) is 6.07 Å². The van der Waals surface area contributed by atoms with Crippen molar-refractivity contribution in [1.29, 1.82) is 0 Å². The van der Waals surface area contributed by atoms with Crippen LogP contribution in [0.3, 0.4) is 0 Å². The molecule has 3 nitrogen and oxygen atoms in total. The molecule has 1 unspecified atom stereocenters. The van der Waals surface area contributed by atoms with Crippen LogP contribution in [-0.2, 0) is 6.42 Å². The van der Waals surface area contributed by atoms with Crippen LogP contribution in [0, 0.1) is 0 Å². The zero-order valence-corrected chi connectivity index (χ0v) is 6.95. The van der Waals surface area contributed by atoms with E-state index in [2.05, 4.69) is 4.98 Å². The molecular weight excluding hydrogens is 154 g/mol. The molecule has 2 heterocycles. The Morgan fingerprint density at radius 1 is 1.67 bits per heavy atom. The Hall–Kier alpha value is -1.09. The highest BCUT2D eigenvalue weighted by atomic mass is 16.5. The number of pyridine rings is 1. The maximum atomic E-state index is 9.27. The first kappa shape index (κ1) is 7.55. The molecule has 0 spiro atoms. The molecule has 1 aliphatic heterocycles. The van der Waals surface area contributed by atoms with Crippen LogP contribution in [0.15, 0.2) is 12.3 Å². The van der Waals surface area contributed by atoms with Crippen molar-refractivity contribution in [1.82, 2.24) is 4.98 Å². The Balaban J connectivity index is 2.39. The Morgan fingerprint density at radius 3 is 3.25 bits per heavy atom. The van der Waals surface area contributed by atoms with Gasteiger partial charge < -0.3 is 9.84 Å². The first-order chi connectivity index (χ1) is 5.77. The lowest BCUT2D eigenvalue weighted by molar-refractivity contribution is 0.198. The van der Waals surface area contributed by atoms with E-state index in [1.54, 1.807) is 13.1 Å². The van der Waals surface area contributed by atoms with Gasteiger partial charge >= 0.3 is 0 Å². The minimum Gasteiger partial charge on any atom is -0.477 e. The summed E-state index contributed by atoms with van der Waals surface area (Å²) in [7, 11) is 0. The molecule has 3 heteroatoms. The third-order valence-corrected chi connectivity index (χ3v) is 2.04. The second-order valence-corrected chi connectivity index (χ2v) is 3.01. The van der Waals surface area contributed by atoms with Crippen molar-refractivity contribution in [3.63, 3.8) is 0 Å². The van der Waals surface area contributed by atoms with Gasteiger partial charge in [0.15, 0.2) is 0 Å². The van der Waals surface area contributed by atoms with Gasteiger partial charge in [0.2, 0.25) is 5.88 Å². The van der Waals surface area contributed by atoms with Gasteiger partial charge in [-0.05, 0) is 18.6 Å². The van der Waals surface area contributed by atoms with E-state index in [-0.39, 0.29) is 0 Å². The number of ether oxygens (including phenoxy) is 1. The Bertz CT molecular complexity index is 297. The largest absolute Gasteiger partial charge is 0.477 e. The van der Waals surface area contributed by atoms with Gasteiger partial charge in [-0.25, -0.2) is 4.98 Å². The van der Waals surface area contributed by atoms with Gasteiger partial charge in [-0.1, -0.05) is 0 Å². The van der Waals surface area contributed by atoms with E-state index in [0.29, 0.717) is 6.61 Å². The maximum Gasteiger partial charge on any atom is 0.216 e. The molecular formula is C9H11NO2. The summed E-state index contributed by atoms with van der Waals surface area (Å²) in [5.41, 5.74) is 1.97. The number of hydrogen-bond acceptors (Lipinski definition) is 3. The smallest absolute Gasteiger partial charge is 0.216 e. The van der Waals surface area contributed by atoms with Gasteiger partial charge in [0.1, 0.15) is 0 Å². The van der Waals surface area contributed by atoms with Crippen LogP contribution in [0.2, 0.25) is 0 Å². The molecule has 0 bridgehead atoms. The molecule has 0 saturated carbocycles. The summed E-state index contributed by atoms with van der Waals surface area (Å²) >= 11 is 0. The van der Waals surface area contributed by atoms with E-state index in [9.17, 15) is 5.11 Å². The van der Waals surface area contributed by atoms with Crippen LogP contribution in [0.1, 0.15) is 24.2 Å². The van der Waals surface area contributed by atoms with Crippen molar-refractivity contribution in [3.8, 4) is 5.88 Å². The van der Waals surface area contributed by atoms with Gasteiger partial charge in [-0.3, -0.25) is 0 Å². The molecule has 0 fully saturated rings. The van der Waals surface area contributed by atoms with Crippen LogP contribution in [0.25, 0.3) is 0 Å². The Kier molecular flexibility index (Phi) is 1.73. The standard InChI is InChI=1S/C9H11NO2/c1-6(11)8-4-7-2-3-12-9(7)10-5-8/h4-6,11H,2-3H2,1H3. The van der Waals surface area contributed by atoms with Crippen molar-refractivity contribution >= 4 is 0 Å². The summed E-state index contributed by atoms with van der Waals surface area (Å²) in [6.45, 7) is 2.45. The summed E-state index contributed by atoms with van der Waals surface area (Å²) in [6.07, 6.45) is 2.13. The fourth-order valence-corrected chi connectivity index (χ4v) is 1.31. The van der Waals surface area contributed by atoms with Crippen LogP contribution in [0.5, 0.6) is 5.88 Å². The number of aromatic nitrogens is 1. The second-order valence-electron chi connectivity index (χ2n) is 3.01. The predicted molar refractivity (Wildman–Crippen MR) is 44.1 cm³/mol. The number of rotatable bonds is 1. The molecule has 1 N–H and O–H groups in total. The first-order valence-corrected chi connectivity index (χ1v) is 4.07. The number of aliphatic hydroxyl groups is 1. The Labute approximate surface area is 71.0 Å². The fourth-order valence-electron chi connectivity index (χ4n) is 1.31. The Morgan fingerprint density at radius 2 is 2.50 bits per heavy atom. The van der Waals surface area contributed by atoms with E-state index in [1.165, 1.54) is 0 Å². The van der Waals surface area contributed by atoms with Gasteiger partial charge in [-0.15, -0.1) is 0 Å². The lowest BCUT2D eigenvalue weighted by Gasteiger charge is -2.04. The molecule has 0 aromatic carbocycles. The number of nitrogens with zero attached hydrogens (tertiary/aromatic N) is 1. The maximum absolute atomic E-state index is 9.27. The fraction of sp³-hybridized carbons (Fsp3) is 0.444. The van der Waals surface area contributed by atoms with Gasteiger partial charge in [0, 0.05) is 18.2 Å². The topological polar surface area (TPSA) is 42.4 Å². The molecule has 1 atom stereocenters. The third-order valence-electron chi connectivity index (χ3n) is 2.04. The minimum atomic E-state index is -0.441. The molecule has 0 saturated heterocycles. The van der Waals surface area contributed by atoms with E-state index in [0.717, 1.165) is 23.4 Å². The normalized spacial score (nSPS) is 16.8. The van der Waals surface area contributed by atoms with Gasteiger partial charge in [0.05, 0.1) is 12.7 Å². The van der Waals surface area contributed by atoms with Crippen molar-refractivity contribution in [2.75, 3.05) is 6.61 Å². The highest BCUT2D eigenvalue weighted by molar-refractivity contribution is 5.33. The SMILES string of the molecule is CC(O)c1cnc2c(c1)CCO2. The zero-order chi connectivity index (χ0) is 8.55. The summed E-state index contributed by atoms with van der Waals surface area (Å²) in [5.74, 6) is 0.722. The molecule has 2 rings (SSSR count). The lowest BCUT2D eigenvalue weighted by atomic mass is 10.1. The van der Waals surface area contributed by atoms with Crippen molar-refractivity contribution in [3.05, 3.63) is 23.4 Å². The molecule has 1 aromatic rings. The van der Waals surface area contributed by atoms with Crippen molar-refractivity contribution in [2.45, 2.75) is 19.4 Å². The van der Waals surface area contributed by atoms with E-state index >= 15 is 0 Å².